The maximum Gasteiger partial charge on any atom is 0.131 e. The van der Waals surface area contributed by atoms with E-state index in [1.54, 1.807) is 6.07 Å². The van der Waals surface area contributed by atoms with Crippen LogP contribution >= 0.6 is 11.6 Å². The van der Waals surface area contributed by atoms with Gasteiger partial charge in [-0.15, -0.1) is 0 Å². The summed E-state index contributed by atoms with van der Waals surface area (Å²) in [6.07, 6.45) is 1.12. The van der Waals surface area contributed by atoms with Crippen molar-refractivity contribution >= 4 is 17.4 Å². The highest BCUT2D eigenvalue weighted by Crippen LogP contribution is 2.14. The molecule has 0 aromatic carbocycles. The van der Waals surface area contributed by atoms with Gasteiger partial charge in [0.2, 0.25) is 0 Å². The molecular formula is C13H22ClN3. The summed E-state index contributed by atoms with van der Waals surface area (Å²) in [5.74, 6) is 1.51. The Morgan fingerprint density at radius 2 is 2.06 bits per heavy atom. The molecule has 0 saturated heterocycles. The van der Waals surface area contributed by atoms with Crippen LogP contribution in [0.25, 0.3) is 0 Å². The predicted octanol–water partition coefficient (Wildman–Crippen LogP) is 3.12. The third kappa shape index (κ3) is 5.89. The van der Waals surface area contributed by atoms with E-state index < -0.39 is 0 Å². The fourth-order valence-electron chi connectivity index (χ4n) is 1.89. The lowest BCUT2D eigenvalue weighted by Gasteiger charge is -2.24. The minimum Gasteiger partial charge on any atom is -0.366 e. The molecule has 1 heterocycles. The number of aromatic nitrogens is 1. The third-order valence-electron chi connectivity index (χ3n) is 2.41. The molecular weight excluding hydrogens is 234 g/mol. The minimum atomic E-state index is 0.399. The molecule has 4 heteroatoms. The smallest absolute Gasteiger partial charge is 0.131 e. The van der Waals surface area contributed by atoms with Gasteiger partial charge in [-0.2, -0.15) is 0 Å². The Labute approximate surface area is 109 Å². The van der Waals surface area contributed by atoms with Crippen molar-refractivity contribution in [1.29, 1.82) is 0 Å². The van der Waals surface area contributed by atoms with Crippen LogP contribution in [0.3, 0.4) is 0 Å². The van der Waals surface area contributed by atoms with Crippen LogP contribution in [0.15, 0.2) is 18.2 Å². The van der Waals surface area contributed by atoms with Crippen molar-refractivity contribution < 1.29 is 0 Å². The van der Waals surface area contributed by atoms with E-state index in [4.69, 9.17) is 11.6 Å². The summed E-state index contributed by atoms with van der Waals surface area (Å²) in [7, 11) is 4.17. The number of nitrogens with zero attached hydrogens (tertiary/aromatic N) is 2. The molecule has 0 amide bonds. The third-order valence-corrected chi connectivity index (χ3v) is 2.62. The van der Waals surface area contributed by atoms with Crippen LogP contribution < -0.4 is 5.32 Å². The molecule has 0 aliphatic heterocycles. The van der Waals surface area contributed by atoms with Gasteiger partial charge in [0.05, 0.1) is 0 Å². The van der Waals surface area contributed by atoms with Gasteiger partial charge >= 0.3 is 0 Å². The summed E-state index contributed by atoms with van der Waals surface area (Å²) >= 11 is 5.88. The van der Waals surface area contributed by atoms with Crippen LogP contribution in [0.5, 0.6) is 0 Å². The fraction of sp³-hybridized carbons (Fsp3) is 0.615. The van der Waals surface area contributed by atoms with Gasteiger partial charge in [-0.05, 0) is 38.6 Å². The summed E-state index contributed by atoms with van der Waals surface area (Å²) in [6, 6.07) is 6.06. The molecule has 0 fully saturated rings. The molecule has 0 aliphatic rings. The van der Waals surface area contributed by atoms with Crippen molar-refractivity contribution in [3.8, 4) is 0 Å². The highest BCUT2D eigenvalue weighted by molar-refractivity contribution is 6.29. The van der Waals surface area contributed by atoms with Crippen molar-refractivity contribution in [2.24, 2.45) is 5.92 Å². The van der Waals surface area contributed by atoms with E-state index >= 15 is 0 Å². The quantitative estimate of drug-likeness (QED) is 0.792. The summed E-state index contributed by atoms with van der Waals surface area (Å²) in [4.78, 5) is 6.45. The second kappa shape index (κ2) is 6.82. The molecule has 1 rings (SSSR count). The van der Waals surface area contributed by atoms with E-state index in [1.807, 2.05) is 12.1 Å². The first kappa shape index (κ1) is 14.3. The van der Waals surface area contributed by atoms with Crippen molar-refractivity contribution in [1.82, 2.24) is 9.88 Å². The molecule has 3 nitrogen and oxygen atoms in total. The topological polar surface area (TPSA) is 28.2 Å². The number of anilines is 1. The van der Waals surface area contributed by atoms with Crippen LogP contribution in [-0.2, 0) is 0 Å². The first-order chi connectivity index (χ1) is 7.97. The Balaban J connectivity index is 2.64. The SMILES string of the molecule is CC(C)CC(CN(C)C)Nc1cccc(Cl)n1. The van der Waals surface area contributed by atoms with E-state index in [0.29, 0.717) is 17.1 Å². The standard InChI is InChI=1S/C13H22ClN3/c1-10(2)8-11(9-17(3)4)15-13-7-5-6-12(14)16-13/h5-7,10-11H,8-9H2,1-4H3,(H,15,16). The largest absolute Gasteiger partial charge is 0.366 e. The van der Waals surface area contributed by atoms with E-state index in [2.05, 4.69) is 43.1 Å². The van der Waals surface area contributed by atoms with Gasteiger partial charge in [-0.1, -0.05) is 31.5 Å². The molecule has 0 radical (unpaired) electrons. The van der Waals surface area contributed by atoms with Crippen LogP contribution in [0.2, 0.25) is 5.15 Å². The molecule has 1 N–H and O–H groups in total. The number of hydrogen-bond acceptors (Lipinski definition) is 3. The van der Waals surface area contributed by atoms with Gasteiger partial charge in [0.1, 0.15) is 11.0 Å². The van der Waals surface area contributed by atoms with Gasteiger partial charge in [0.25, 0.3) is 0 Å². The van der Waals surface area contributed by atoms with Crippen molar-refractivity contribution in [2.45, 2.75) is 26.3 Å². The maximum atomic E-state index is 5.88. The van der Waals surface area contributed by atoms with Crippen LogP contribution in [0, 0.1) is 5.92 Å². The van der Waals surface area contributed by atoms with Gasteiger partial charge < -0.3 is 10.2 Å². The normalized spacial score (nSPS) is 13.1. The van der Waals surface area contributed by atoms with Crippen LogP contribution in [-0.4, -0.2) is 36.6 Å². The van der Waals surface area contributed by atoms with Gasteiger partial charge in [0, 0.05) is 12.6 Å². The van der Waals surface area contributed by atoms with Crippen LogP contribution in [0.1, 0.15) is 20.3 Å². The highest BCUT2D eigenvalue weighted by Gasteiger charge is 2.12. The van der Waals surface area contributed by atoms with E-state index in [9.17, 15) is 0 Å². The lowest BCUT2D eigenvalue weighted by Crippen LogP contribution is -2.33. The molecule has 0 saturated carbocycles. The van der Waals surface area contributed by atoms with E-state index in [-0.39, 0.29) is 0 Å². The zero-order valence-electron chi connectivity index (χ0n) is 11.1. The molecule has 0 spiro atoms. The molecule has 0 bridgehead atoms. The molecule has 96 valence electrons. The van der Waals surface area contributed by atoms with Gasteiger partial charge in [0.15, 0.2) is 0 Å². The highest BCUT2D eigenvalue weighted by atomic mass is 35.5. The Morgan fingerprint density at radius 1 is 1.35 bits per heavy atom. The lowest BCUT2D eigenvalue weighted by atomic mass is 10.0. The van der Waals surface area contributed by atoms with Crippen LogP contribution in [0.4, 0.5) is 5.82 Å². The monoisotopic (exact) mass is 255 g/mol. The van der Waals surface area contributed by atoms with Crippen molar-refractivity contribution in [2.75, 3.05) is 26.0 Å². The number of halogens is 1. The molecule has 0 aliphatic carbocycles. The van der Waals surface area contributed by atoms with E-state index in [1.165, 1.54) is 0 Å². The van der Waals surface area contributed by atoms with E-state index in [0.717, 1.165) is 18.8 Å². The first-order valence-corrected chi connectivity index (χ1v) is 6.39. The number of pyridine rings is 1. The van der Waals surface area contributed by atoms with Crippen molar-refractivity contribution in [3.63, 3.8) is 0 Å². The Kier molecular flexibility index (Phi) is 5.72. The summed E-state index contributed by atoms with van der Waals surface area (Å²) < 4.78 is 0. The Hall–Kier alpha value is -0.800. The second-order valence-corrected chi connectivity index (χ2v) is 5.47. The lowest BCUT2D eigenvalue weighted by molar-refractivity contribution is 0.356. The number of nitrogens with one attached hydrogen (secondary N) is 1. The van der Waals surface area contributed by atoms with Crippen molar-refractivity contribution in [3.05, 3.63) is 23.4 Å². The summed E-state index contributed by atoms with van der Waals surface area (Å²) in [6.45, 7) is 5.46. The molecule has 17 heavy (non-hydrogen) atoms. The van der Waals surface area contributed by atoms with Gasteiger partial charge in [-0.25, -0.2) is 4.98 Å². The average Bonchev–Trinajstić information content (AvgIpc) is 2.14. The minimum absolute atomic E-state index is 0.399. The molecule has 1 unspecified atom stereocenters. The Morgan fingerprint density at radius 3 is 2.59 bits per heavy atom. The Bertz CT molecular complexity index is 329. The average molecular weight is 256 g/mol. The fourth-order valence-corrected chi connectivity index (χ4v) is 2.05. The molecule has 1 aromatic heterocycles. The predicted molar refractivity (Wildman–Crippen MR) is 74.7 cm³/mol. The summed E-state index contributed by atoms with van der Waals surface area (Å²) in [5, 5.41) is 3.98. The zero-order chi connectivity index (χ0) is 12.8. The molecule has 1 aromatic rings. The number of likely N-dealkylation sites (N-methyl/N-ethyl adjacent to an activating group) is 1. The maximum absolute atomic E-state index is 5.88. The number of rotatable bonds is 6. The molecule has 1 atom stereocenters. The zero-order valence-corrected chi connectivity index (χ0v) is 11.8. The summed E-state index contributed by atoms with van der Waals surface area (Å²) in [5.41, 5.74) is 0. The number of hydrogen-bond donors (Lipinski definition) is 1. The van der Waals surface area contributed by atoms with Gasteiger partial charge in [-0.3, -0.25) is 0 Å². The first-order valence-electron chi connectivity index (χ1n) is 6.01. The second-order valence-electron chi connectivity index (χ2n) is 5.08.